The smallest absolute Gasteiger partial charge is 0.417 e. The molecule has 3 nitrogen and oxygen atoms in total. The fourth-order valence-corrected chi connectivity index (χ4v) is 1.91. The molecule has 0 amide bonds. The number of ether oxygens (including phenoxy) is 1. The number of alkyl halides is 3. The molecule has 6 heteroatoms. The molecule has 0 N–H and O–H groups in total. The Hall–Kier alpha value is -1.30. The molecule has 0 aromatic rings. The van der Waals surface area contributed by atoms with Gasteiger partial charge in [-0.25, -0.2) is 4.79 Å². The Morgan fingerprint density at radius 3 is 2.59 bits per heavy atom. The maximum absolute atomic E-state index is 13.1. The lowest BCUT2D eigenvalue weighted by molar-refractivity contribution is -0.236. The van der Waals surface area contributed by atoms with Crippen molar-refractivity contribution in [3.8, 4) is 0 Å². The lowest BCUT2D eigenvalue weighted by atomic mass is 9.87. The molecule has 0 aromatic carbocycles. The van der Waals surface area contributed by atoms with Gasteiger partial charge in [0, 0.05) is 13.0 Å². The number of likely N-dealkylation sites (N-methyl/N-ethyl adjacent to an activating group) is 1. The zero-order chi connectivity index (χ0) is 13.3. The summed E-state index contributed by atoms with van der Waals surface area (Å²) in [5.41, 5.74) is -1.93. The molecule has 0 saturated heterocycles. The summed E-state index contributed by atoms with van der Waals surface area (Å²) in [6.07, 6.45) is -2.29. The van der Waals surface area contributed by atoms with Gasteiger partial charge in [0.05, 0.1) is 7.11 Å². The van der Waals surface area contributed by atoms with E-state index in [1.807, 2.05) is 0 Å². The topological polar surface area (TPSA) is 29.5 Å². The van der Waals surface area contributed by atoms with Gasteiger partial charge < -0.3 is 4.74 Å². The highest BCUT2D eigenvalue weighted by molar-refractivity contribution is 5.82. The molecule has 17 heavy (non-hydrogen) atoms. The minimum Gasteiger partial charge on any atom is -0.467 e. The van der Waals surface area contributed by atoms with Gasteiger partial charge in [-0.3, -0.25) is 4.90 Å². The maximum atomic E-state index is 13.1. The molecule has 1 atom stereocenters. The summed E-state index contributed by atoms with van der Waals surface area (Å²) < 4.78 is 43.7. The minimum atomic E-state index is -4.68. The van der Waals surface area contributed by atoms with Crippen LogP contribution in [0.2, 0.25) is 0 Å². The molecule has 1 unspecified atom stereocenters. The molecule has 1 rings (SSSR count). The SMILES string of the molecule is C=CC1=CCC(C(=O)OC)(C(F)(F)F)N(C)C1. The van der Waals surface area contributed by atoms with Gasteiger partial charge in [-0.15, -0.1) is 0 Å². The molecule has 1 aliphatic heterocycles. The molecule has 0 spiro atoms. The average molecular weight is 249 g/mol. The first kappa shape index (κ1) is 13.8. The third-order valence-electron chi connectivity index (χ3n) is 2.99. The van der Waals surface area contributed by atoms with E-state index in [9.17, 15) is 18.0 Å². The summed E-state index contributed by atoms with van der Waals surface area (Å²) in [5.74, 6) is -1.29. The van der Waals surface area contributed by atoms with Gasteiger partial charge in [-0.1, -0.05) is 18.7 Å². The Labute approximate surface area is 97.5 Å². The first-order valence-corrected chi connectivity index (χ1v) is 4.97. The van der Waals surface area contributed by atoms with E-state index in [4.69, 9.17) is 0 Å². The molecule has 0 bridgehead atoms. The summed E-state index contributed by atoms with van der Waals surface area (Å²) in [5, 5.41) is 0. The van der Waals surface area contributed by atoms with Gasteiger partial charge in [0.15, 0.2) is 0 Å². The first-order chi connectivity index (χ1) is 7.79. The largest absolute Gasteiger partial charge is 0.467 e. The van der Waals surface area contributed by atoms with Gasteiger partial charge in [-0.05, 0) is 12.6 Å². The standard InChI is InChI=1S/C11H14F3NO2/c1-4-8-5-6-10(9(16)17-3,11(12,13)14)15(2)7-8/h4-5H,1,6-7H2,2-3H3. The second-order valence-electron chi connectivity index (χ2n) is 3.89. The number of nitrogens with zero attached hydrogens (tertiary/aromatic N) is 1. The summed E-state index contributed by atoms with van der Waals surface area (Å²) in [7, 11) is 2.21. The highest BCUT2D eigenvalue weighted by atomic mass is 19.4. The van der Waals surface area contributed by atoms with Crippen LogP contribution in [0.3, 0.4) is 0 Å². The highest BCUT2D eigenvalue weighted by Crippen LogP contribution is 2.41. The van der Waals surface area contributed by atoms with Crippen LogP contribution in [0.5, 0.6) is 0 Å². The van der Waals surface area contributed by atoms with Crippen LogP contribution in [0.4, 0.5) is 13.2 Å². The van der Waals surface area contributed by atoms with Crippen molar-refractivity contribution >= 4 is 5.97 Å². The van der Waals surface area contributed by atoms with Crippen LogP contribution in [0, 0.1) is 0 Å². The Kier molecular flexibility index (Phi) is 3.66. The van der Waals surface area contributed by atoms with Crippen LogP contribution in [-0.2, 0) is 9.53 Å². The molecule has 1 heterocycles. The van der Waals surface area contributed by atoms with E-state index in [1.54, 1.807) is 0 Å². The number of carbonyl (C=O) groups excluding carboxylic acids is 1. The second-order valence-corrected chi connectivity index (χ2v) is 3.89. The van der Waals surface area contributed by atoms with Crippen LogP contribution in [0.15, 0.2) is 24.3 Å². The van der Waals surface area contributed by atoms with Crippen molar-refractivity contribution in [1.82, 2.24) is 4.90 Å². The molecule has 0 fully saturated rings. The lowest BCUT2D eigenvalue weighted by Crippen LogP contribution is -2.64. The van der Waals surface area contributed by atoms with E-state index in [1.165, 1.54) is 19.2 Å². The molecule has 1 aliphatic rings. The highest BCUT2D eigenvalue weighted by Gasteiger charge is 2.64. The lowest BCUT2D eigenvalue weighted by Gasteiger charge is -2.42. The van der Waals surface area contributed by atoms with Crippen LogP contribution in [-0.4, -0.2) is 43.3 Å². The Balaban J connectivity index is 3.23. The van der Waals surface area contributed by atoms with Crippen molar-refractivity contribution in [2.75, 3.05) is 20.7 Å². The Bertz CT molecular complexity index is 362. The normalized spacial score (nSPS) is 26.3. The van der Waals surface area contributed by atoms with E-state index in [-0.39, 0.29) is 6.54 Å². The number of rotatable bonds is 2. The summed E-state index contributed by atoms with van der Waals surface area (Å²) in [4.78, 5) is 12.5. The molecule has 0 aromatic heterocycles. The third kappa shape index (κ3) is 2.09. The third-order valence-corrected chi connectivity index (χ3v) is 2.99. The van der Waals surface area contributed by atoms with Gasteiger partial charge in [0.1, 0.15) is 0 Å². The Morgan fingerprint density at radius 1 is 1.65 bits per heavy atom. The van der Waals surface area contributed by atoms with E-state index in [0.717, 1.165) is 12.0 Å². The Morgan fingerprint density at radius 2 is 2.24 bits per heavy atom. The van der Waals surface area contributed by atoms with Crippen LogP contribution < -0.4 is 0 Å². The van der Waals surface area contributed by atoms with Crippen LogP contribution in [0.1, 0.15) is 6.42 Å². The predicted molar refractivity (Wildman–Crippen MR) is 56.3 cm³/mol. The van der Waals surface area contributed by atoms with Crippen molar-refractivity contribution in [3.05, 3.63) is 24.3 Å². The number of hydrogen-bond acceptors (Lipinski definition) is 3. The van der Waals surface area contributed by atoms with Crippen molar-refractivity contribution in [2.45, 2.75) is 18.1 Å². The first-order valence-electron chi connectivity index (χ1n) is 4.97. The second kappa shape index (κ2) is 4.52. The predicted octanol–water partition coefficient (Wildman–Crippen LogP) is 1.91. The van der Waals surface area contributed by atoms with Crippen molar-refractivity contribution in [2.24, 2.45) is 0 Å². The van der Waals surface area contributed by atoms with E-state index < -0.39 is 24.1 Å². The van der Waals surface area contributed by atoms with Crippen LogP contribution >= 0.6 is 0 Å². The zero-order valence-electron chi connectivity index (χ0n) is 9.67. The molecule has 0 aliphatic carbocycles. The molecular formula is C11H14F3NO2. The summed E-state index contributed by atoms with van der Waals surface area (Å²) in [6.45, 7) is 3.51. The summed E-state index contributed by atoms with van der Waals surface area (Å²) in [6, 6.07) is 0. The number of esters is 1. The number of carbonyl (C=O) groups is 1. The number of methoxy groups -OCH3 is 1. The van der Waals surface area contributed by atoms with Crippen LogP contribution in [0.25, 0.3) is 0 Å². The molecule has 0 radical (unpaired) electrons. The molecular weight excluding hydrogens is 235 g/mol. The summed E-state index contributed by atoms with van der Waals surface area (Å²) >= 11 is 0. The average Bonchev–Trinajstić information content (AvgIpc) is 2.26. The van der Waals surface area contributed by atoms with E-state index >= 15 is 0 Å². The molecule has 96 valence electrons. The van der Waals surface area contributed by atoms with E-state index in [2.05, 4.69) is 11.3 Å². The fourth-order valence-electron chi connectivity index (χ4n) is 1.91. The number of halogens is 3. The fraction of sp³-hybridized carbons (Fsp3) is 0.545. The monoisotopic (exact) mass is 249 g/mol. The van der Waals surface area contributed by atoms with Gasteiger partial charge in [-0.2, -0.15) is 13.2 Å². The van der Waals surface area contributed by atoms with Gasteiger partial charge in [0.2, 0.25) is 5.54 Å². The molecule has 0 saturated carbocycles. The van der Waals surface area contributed by atoms with Crippen molar-refractivity contribution in [3.63, 3.8) is 0 Å². The minimum absolute atomic E-state index is 0.0120. The van der Waals surface area contributed by atoms with Gasteiger partial charge in [0.25, 0.3) is 0 Å². The van der Waals surface area contributed by atoms with Crippen molar-refractivity contribution < 1.29 is 22.7 Å². The van der Waals surface area contributed by atoms with Crippen molar-refractivity contribution in [1.29, 1.82) is 0 Å². The quantitative estimate of drug-likeness (QED) is 0.700. The van der Waals surface area contributed by atoms with E-state index in [0.29, 0.717) is 5.57 Å². The van der Waals surface area contributed by atoms with Gasteiger partial charge >= 0.3 is 12.1 Å². The number of hydrogen-bond donors (Lipinski definition) is 0. The maximum Gasteiger partial charge on any atom is 0.417 e. The zero-order valence-corrected chi connectivity index (χ0v) is 9.67.